The number of nitrogens with zero attached hydrogens (tertiary/aromatic N) is 4. The number of nitrogens with two attached hydrogens (primary N) is 1. The second-order valence-electron chi connectivity index (χ2n) is 6.83. The van der Waals surface area contributed by atoms with E-state index in [1.165, 1.54) is 35.4 Å². The van der Waals surface area contributed by atoms with Crippen molar-refractivity contribution in [3.8, 4) is 11.8 Å². The summed E-state index contributed by atoms with van der Waals surface area (Å²) in [6.45, 7) is 1.62. The first-order chi connectivity index (χ1) is 14.1. The number of rotatable bonds is 7. The van der Waals surface area contributed by atoms with E-state index in [2.05, 4.69) is 26.8 Å². The van der Waals surface area contributed by atoms with Gasteiger partial charge in [0.25, 0.3) is 0 Å². The molecule has 0 aliphatic carbocycles. The zero-order chi connectivity index (χ0) is 20.6. The lowest BCUT2D eigenvalue weighted by Gasteiger charge is -2.14. The Morgan fingerprint density at radius 2 is 2.17 bits per heavy atom. The van der Waals surface area contributed by atoms with Crippen LogP contribution in [-0.4, -0.2) is 46.9 Å². The van der Waals surface area contributed by atoms with Crippen LogP contribution in [0.15, 0.2) is 29.3 Å². The van der Waals surface area contributed by atoms with Crippen LogP contribution < -0.4 is 16.4 Å². The predicted octanol–water partition coefficient (Wildman–Crippen LogP) is 3.08. The van der Waals surface area contributed by atoms with Crippen LogP contribution in [-0.2, 0) is 6.42 Å². The first-order valence-corrected chi connectivity index (χ1v) is 10.8. The highest BCUT2D eigenvalue weighted by molar-refractivity contribution is 14.0. The van der Waals surface area contributed by atoms with Crippen molar-refractivity contribution in [1.82, 2.24) is 20.4 Å². The van der Waals surface area contributed by atoms with Gasteiger partial charge in [0, 0.05) is 25.4 Å². The maximum Gasteiger partial charge on any atom is 0.191 e. The molecule has 1 aliphatic rings. The molecule has 0 saturated carbocycles. The number of anilines is 1. The first kappa shape index (κ1) is 24.3. The number of aromatic nitrogens is 2. The van der Waals surface area contributed by atoms with Gasteiger partial charge < -0.3 is 16.4 Å². The van der Waals surface area contributed by atoms with Crippen molar-refractivity contribution in [3.63, 3.8) is 0 Å². The standard InChI is InChI=1S/C20H26FN7S.HI/c1-24-20(26-13-16-4-3-11-29-16)25-10-2-5-18-17(12-22)19(23)28(27-18)15-8-6-14(21)7-9-15;/h6-9,16H,2-5,10-11,13,23H2,1H3,(H2,24,25,26);1H. The summed E-state index contributed by atoms with van der Waals surface area (Å²) >= 11 is 2.01. The third kappa shape index (κ3) is 6.25. The van der Waals surface area contributed by atoms with Gasteiger partial charge in [-0.25, -0.2) is 9.07 Å². The molecule has 1 unspecified atom stereocenters. The lowest BCUT2D eigenvalue weighted by molar-refractivity contribution is 0.627. The number of aryl methyl sites for hydroxylation is 1. The second kappa shape index (κ2) is 12.0. The van der Waals surface area contributed by atoms with Gasteiger partial charge in [-0.3, -0.25) is 4.99 Å². The molecule has 0 spiro atoms. The van der Waals surface area contributed by atoms with E-state index in [-0.39, 0.29) is 35.6 Å². The molecule has 2 heterocycles. The van der Waals surface area contributed by atoms with E-state index in [9.17, 15) is 9.65 Å². The Labute approximate surface area is 197 Å². The van der Waals surface area contributed by atoms with Crippen LogP contribution in [0.4, 0.5) is 10.2 Å². The third-order valence-corrected chi connectivity index (χ3v) is 6.20. The number of thioether (sulfide) groups is 1. The SMILES string of the molecule is CN=C(NCCCc1nn(-c2ccc(F)cc2)c(N)c1C#N)NCC1CCCS1.I. The Morgan fingerprint density at radius 3 is 2.80 bits per heavy atom. The number of nitrogen functional groups attached to an aromatic ring is 1. The molecule has 3 rings (SSSR count). The number of hydrogen-bond donors (Lipinski definition) is 3. The molecule has 30 heavy (non-hydrogen) atoms. The van der Waals surface area contributed by atoms with Crippen molar-refractivity contribution >= 4 is 47.5 Å². The smallest absolute Gasteiger partial charge is 0.191 e. The Kier molecular flexibility index (Phi) is 9.71. The second-order valence-corrected chi connectivity index (χ2v) is 8.23. The molecule has 1 fully saturated rings. The van der Waals surface area contributed by atoms with E-state index in [1.54, 1.807) is 19.2 Å². The van der Waals surface area contributed by atoms with Crippen LogP contribution in [0.5, 0.6) is 0 Å². The molecule has 7 nitrogen and oxygen atoms in total. The molecular weight excluding hydrogens is 516 g/mol. The van der Waals surface area contributed by atoms with E-state index < -0.39 is 0 Å². The molecule has 1 atom stereocenters. The predicted molar refractivity (Wildman–Crippen MR) is 131 cm³/mol. The summed E-state index contributed by atoms with van der Waals surface area (Å²) in [5, 5.41) is 21.3. The summed E-state index contributed by atoms with van der Waals surface area (Å²) in [4.78, 5) is 4.25. The number of guanidine groups is 1. The largest absolute Gasteiger partial charge is 0.382 e. The van der Waals surface area contributed by atoms with Gasteiger partial charge in [0.2, 0.25) is 0 Å². The highest BCUT2D eigenvalue weighted by Crippen LogP contribution is 2.25. The van der Waals surface area contributed by atoms with Crippen LogP contribution >= 0.6 is 35.7 Å². The highest BCUT2D eigenvalue weighted by atomic mass is 127. The highest BCUT2D eigenvalue weighted by Gasteiger charge is 2.17. The van der Waals surface area contributed by atoms with E-state index in [0.717, 1.165) is 18.9 Å². The summed E-state index contributed by atoms with van der Waals surface area (Å²) in [6, 6.07) is 7.99. The normalized spacial score (nSPS) is 16.0. The number of aliphatic imine (C=N–C) groups is 1. The fraction of sp³-hybridized carbons (Fsp3) is 0.450. The van der Waals surface area contributed by atoms with Crippen molar-refractivity contribution in [3.05, 3.63) is 41.3 Å². The van der Waals surface area contributed by atoms with Gasteiger partial charge >= 0.3 is 0 Å². The minimum atomic E-state index is -0.334. The molecule has 0 radical (unpaired) electrons. The summed E-state index contributed by atoms with van der Waals surface area (Å²) in [7, 11) is 1.76. The van der Waals surface area contributed by atoms with Crippen molar-refractivity contribution in [2.75, 3.05) is 31.6 Å². The van der Waals surface area contributed by atoms with E-state index in [0.29, 0.717) is 35.2 Å². The molecule has 162 valence electrons. The maximum absolute atomic E-state index is 13.2. The topological polar surface area (TPSA) is 104 Å². The summed E-state index contributed by atoms with van der Waals surface area (Å²) in [5.74, 6) is 1.97. The minimum Gasteiger partial charge on any atom is -0.382 e. The van der Waals surface area contributed by atoms with E-state index in [4.69, 9.17) is 5.73 Å². The molecule has 0 amide bonds. The monoisotopic (exact) mass is 543 g/mol. The molecule has 1 saturated heterocycles. The quantitative estimate of drug-likeness (QED) is 0.215. The van der Waals surface area contributed by atoms with Gasteiger partial charge in [-0.1, -0.05) is 0 Å². The number of nitriles is 1. The van der Waals surface area contributed by atoms with Gasteiger partial charge in [0.05, 0.1) is 11.4 Å². The van der Waals surface area contributed by atoms with Crippen LogP contribution in [0.3, 0.4) is 0 Å². The van der Waals surface area contributed by atoms with Crippen molar-refractivity contribution in [1.29, 1.82) is 5.26 Å². The molecule has 1 aliphatic heterocycles. The van der Waals surface area contributed by atoms with Crippen molar-refractivity contribution < 1.29 is 4.39 Å². The van der Waals surface area contributed by atoms with Gasteiger partial charge in [-0.15, -0.1) is 24.0 Å². The molecule has 1 aromatic carbocycles. The average molecular weight is 543 g/mol. The van der Waals surface area contributed by atoms with Crippen LogP contribution in [0.1, 0.15) is 30.5 Å². The fourth-order valence-electron chi connectivity index (χ4n) is 3.25. The van der Waals surface area contributed by atoms with E-state index >= 15 is 0 Å². The molecule has 10 heteroatoms. The third-order valence-electron chi connectivity index (χ3n) is 4.80. The average Bonchev–Trinajstić information content (AvgIpc) is 3.36. The molecule has 2 aromatic rings. The summed E-state index contributed by atoms with van der Waals surface area (Å²) in [6.07, 6.45) is 3.92. The maximum atomic E-state index is 13.2. The Morgan fingerprint density at radius 1 is 1.40 bits per heavy atom. The van der Waals surface area contributed by atoms with Crippen LogP contribution in [0.25, 0.3) is 5.69 Å². The molecular formula is C20H27FIN7S. The molecule has 0 bridgehead atoms. The fourth-order valence-corrected chi connectivity index (χ4v) is 4.45. The Bertz CT molecular complexity index is 886. The van der Waals surface area contributed by atoms with Crippen LogP contribution in [0, 0.1) is 17.1 Å². The molecule has 4 N–H and O–H groups in total. The van der Waals surface area contributed by atoms with Crippen molar-refractivity contribution in [2.45, 2.75) is 30.9 Å². The number of nitrogens with one attached hydrogen (secondary N) is 2. The van der Waals surface area contributed by atoms with Crippen LogP contribution in [0.2, 0.25) is 0 Å². The van der Waals surface area contributed by atoms with Gasteiger partial charge in [-0.05, 0) is 55.7 Å². The Hall–Kier alpha value is -2.00. The van der Waals surface area contributed by atoms with Gasteiger partial charge in [0.15, 0.2) is 5.96 Å². The lowest BCUT2D eigenvalue weighted by Crippen LogP contribution is -2.40. The summed E-state index contributed by atoms with van der Waals surface area (Å²) < 4.78 is 14.6. The zero-order valence-electron chi connectivity index (χ0n) is 16.9. The van der Waals surface area contributed by atoms with Gasteiger partial charge in [0.1, 0.15) is 23.3 Å². The summed E-state index contributed by atoms with van der Waals surface area (Å²) in [5.41, 5.74) is 7.73. The number of hydrogen-bond acceptors (Lipinski definition) is 5. The van der Waals surface area contributed by atoms with Gasteiger partial charge in [-0.2, -0.15) is 22.1 Å². The zero-order valence-corrected chi connectivity index (χ0v) is 20.0. The Balaban J connectivity index is 0.00000320. The minimum absolute atomic E-state index is 0. The first-order valence-electron chi connectivity index (χ1n) is 9.72. The molecule has 1 aromatic heterocycles. The number of benzene rings is 1. The van der Waals surface area contributed by atoms with Crippen molar-refractivity contribution in [2.24, 2.45) is 4.99 Å². The van der Waals surface area contributed by atoms with E-state index in [1.807, 2.05) is 11.8 Å². The lowest BCUT2D eigenvalue weighted by atomic mass is 10.1. The number of halogens is 2.